The lowest BCUT2D eigenvalue weighted by Gasteiger charge is -2.50. The van der Waals surface area contributed by atoms with E-state index < -0.39 is 17.0 Å². The summed E-state index contributed by atoms with van der Waals surface area (Å²) in [6, 6.07) is 14.2. The zero-order chi connectivity index (χ0) is 23.1. The van der Waals surface area contributed by atoms with Crippen molar-refractivity contribution in [2.24, 2.45) is 5.41 Å². The highest BCUT2D eigenvalue weighted by molar-refractivity contribution is 5.89. The molecule has 2 amide bonds. The molecule has 1 spiro atoms. The third kappa shape index (κ3) is 3.83. The molecule has 33 heavy (non-hydrogen) atoms. The highest BCUT2D eigenvalue weighted by Gasteiger charge is 2.50. The van der Waals surface area contributed by atoms with Crippen molar-refractivity contribution in [2.45, 2.75) is 56.3 Å². The van der Waals surface area contributed by atoms with E-state index in [9.17, 15) is 18.4 Å². The molecular formula is C27H30F2N2O2. The Balaban J connectivity index is 1.38. The molecule has 2 saturated heterocycles. The maximum atomic E-state index is 14.0. The van der Waals surface area contributed by atoms with Crippen molar-refractivity contribution in [3.63, 3.8) is 0 Å². The van der Waals surface area contributed by atoms with Crippen LogP contribution in [0.4, 0.5) is 8.78 Å². The Kier molecular flexibility index (Phi) is 5.71. The van der Waals surface area contributed by atoms with Gasteiger partial charge in [-0.2, -0.15) is 0 Å². The largest absolute Gasteiger partial charge is 0.355 e. The number of carbonyl (C=O) groups excluding carboxylic acids is 2. The maximum Gasteiger partial charge on any atom is 0.233 e. The first-order valence-electron chi connectivity index (χ1n) is 12.0. The van der Waals surface area contributed by atoms with E-state index in [1.807, 2.05) is 23.1 Å². The van der Waals surface area contributed by atoms with Gasteiger partial charge < -0.3 is 10.2 Å². The highest BCUT2D eigenvalue weighted by Crippen LogP contribution is 2.50. The summed E-state index contributed by atoms with van der Waals surface area (Å²) in [4.78, 5) is 28.2. The lowest BCUT2D eigenvalue weighted by Crippen LogP contribution is -2.55. The summed E-state index contributed by atoms with van der Waals surface area (Å²) in [6.45, 7) is 1.58. The van der Waals surface area contributed by atoms with Crippen molar-refractivity contribution < 1.29 is 18.4 Å². The van der Waals surface area contributed by atoms with Crippen LogP contribution >= 0.6 is 0 Å². The summed E-state index contributed by atoms with van der Waals surface area (Å²) in [7, 11) is 0. The first kappa shape index (κ1) is 22.1. The van der Waals surface area contributed by atoms with E-state index in [-0.39, 0.29) is 23.1 Å². The Bertz CT molecular complexity index is 1040. The SMILES string of the molecule is O=C1CC2(CCN(C(=O)C3(c4ccccc4)CCCC3)CC2)[C@H](c2ccc(F)c(F)c2)CN1. The maximum absolute atomic E-state index is 14.0. The van der Waals surface area contributed by atoms with E-state index in [1.165, 1.54) is 6.07 Å². The molecule has 2 aliphatic heterocycles. The fourth-order valence-corrected chi connectivity index (χ4v) is 6.48. The van der Waals surface area contributed by atoms with Crippen molar-refractivity contribution in [3.05, 3.63) is 71.3 Å². The number of amides is 2. The fourth-order valence-electron chi connectivity index (χ4n) is 6.48. The number of nitrogens with zero attached hydrogens (tertiary/aromatic N) is 1. The lowest BCUT2D eigenvalue weighted by molar-refractivity contribution is -0.141. The molecule has 0 unspecified atom stereocenters. The molecule has 174 valence electrons. The van der Waals surface area contributed by atoms with Crippen LogP contribution in [0.3, 0.4) is 0 Å². The summed E-state index contributed by atoms with van der Waals surface area (Å²) >= 11 is 0. The number of halogens is 2. The van der Waals surface area contributed by atoms with Gasteiger partial charge in [0, 0.05) is 32.0 Å². The van der Waals surface area contributed by atoms with Gasteiger partial charge in [0.2, 0.25) is 11.8 Å². The Morgan fingerprint density at radius 3 is 2.30 bits per heavy atom. The standard InChI is InChI=1S/C27H30F2N2O2/c28-22-9-8-19(16-23(22)29)21-18-30-24(32)17-26(21)12-14-31(15-13-26)25(33)27(10-4-5-11-27)20-6-2-1-3-7-20/h1-3,6-9,16,21H,4-5,10-15,17-18H2,(H,30,32)/t21-/m0/s1. The summed E-state index contributed by atoms with van der Waals surface area (Å²) in [5.74, 6) is -1.64. The van der Waals surface area contributed by atoms with Gasteiger partial charge in [-0.15, -0.1) is 0 Å². The van der Waals surface area contributed by atoms with Gasteiger partial charge in [0.15, 0.2) is 11.6 Å². The van der Waals surface area contributed by atoms with Crippen LogP contribution in [0.5, 0.6) is 0 Å². The van der Waals surface area contributed by atoms with Gasteiger partial charge in [-0.05, 0) is 54.4 Å². The lowest BCUT2D eigenvalue weighted by atomic mass is 9.62. The molecule has 0 aromatic heterocycles. The molecular weight excluding hydrogens is 422 g/mol. The minimum atomic E-state index is -0.865. The molecule has 3 aliphatic rings. The Morgan fingerprint density at radius 2 is 1.64 bits per heavy atom. The number of rotatable bonds is 3. The van der Waals surface area contributed by atoms with Crippen LogP contribution < -0.4 is 5.32 Å². The van der Waals surface area contributed by atoms with Crippen LogP contribution in [-0.4, -0.2) is 36.3 Å². The molecule has 2 aromatic rings. The van der Waals surface area contributed by atoms with Gasteiger partial charge in [0.1, 0.15) is 0 Å². The molecule has 1 atom stereocenters. The first-order valence-corrected chi connectivity index (χ1v) is 12.0. The minimum Gasteiger partial charge on any atom is -0.355 e. The van der Waals surface area contributed by atoms with E-state index in [0.717, 1.165) is 37.3 Å². The number of carbonyl (C=O) groups is 2. The molecule has 1 N–H and O–H groups in total. The summed E-state index contributed by atoms with van der Waals surface area (Å²) in [5.41, 5.74) is 1.02. The zero-order valence-electron chi connectivity index (χ0n) is 18.8. The molecule has 6 heteroatoms. The summed E-state index contributed by atoms with van der Waals surface area (Å²) in [6.07, 6.45) is 5.56. The summed E-state index contributed by atoms with van der Waals surface area (Å²) < 4.78 is 27.5. The van der Waals surface area contributed by atoms with Gasteiger partial charge >= 0.3 is 0 Å². The van der Waals surface area contributed by atoms with Crippen LogP contribution in [-0.2, 0) is 15.0 Å². The van der Waals surface area contributed by atoms with Crippen molar-refractivity contribution >= 4 is 11.8 Å². The number of hydrogen-bond donors (Lipinski definition) is 1. The van der Waals surface area contributed by atoms with E-state index in [1.54, 1.807) is 6.07 Å². The average molecular weight is 453 g/mol. The monoisotopic (exact) mass is 452 g/mol. The predicted molar refractivity (Wildman–Crippen MR) is 122 cm³/mol. The topological polar surface area (TPSA) is 49.4 Å². The van der Waals surface area contributed by atoms with Gasteiger partial charge in [0.25, 0.3) is 0 Å². The van der Waals surface area contributed by atoms with Gasteiger partial charge in [-0.25, -0.2) is 8.78 Å². The van der Waals surface area contributed by atoms with E-state index >= 15 is 0 Å². The van der Waals surface area contributed by atoms with Crippen molar-refractivity contribution in [2.75, 3.05) is 19.6 Å². The Labute approximate surface area is 193 Å². The predicted octanol–water partition coefficient (Wildman–Crippen LogP) is 4.69. The van der Waals surface area contributed by atoms with E-state index in [4.69, 9.17) is 0 Å². The second-order valence-corrected chi connectivity index (χ2v) is 10.0. The van der Waals surface area contributed by atoms with Crippen molar-refractivity contribution in [1.82, 2.24) is 10.2 Å². The molecule has 5 rings (SSSR count). The van der Waals surface area contributed by atoms with Crippen LogP contribution in [0, 0.1) is 17.0 Å². The van der Waals surface area contributed by atoms with E-state index in [0.29, 0.717) is 44.5 Å². The van der Waals surface area contributed by atoms with Crippen LogP contribution in [0.1, 0.15) is 62.0 Å². The third-order valence-electron chi connectivity index (χ3n) is 8.34. The molecule has 0 bridgehead atoms. The van der Waals surface area contributed by atoms with Crippen molar-refractivity contribution in [1.29, 1.82) is 0 Å². The van der Waals surface area contributed by atoms with Crippen molar-refractivity contribution in [3.8, 4) is 0 Å². The number of benzene rings is 2. The summed E-state index contributed by atoms with van der Waals surface area (Å²) in [5, 5.41) is 2.91. The van der Waals surface area contributed by atoms with Gasteiger partial charge in [-0.1, -0.05) is 49.2 Å². The number of hydrogen-bond acceptors (Lipinski definition) is 2. The smallest absolute Gasteiger partial charge is 0.233 e. The molecule has 2 aromatic carbocycles. The Morgan fingerprint density at radius 1 is 0.939 bits per heavy atom. The third-order valence-corrected chi connectivity index (χ3v) is 8.34. The van der Waals surface area contributed by atoms with E-state index in [2.05, 4.69) is 17.4 Å². The quantitative estimate of drug-likeness (QED) is 0.735. The van der Waals surface area contributed by atoms with Gasteiger partial charge in [0.05, 0.1) is 5.41 Å². The fraction of sp³-hybridized carbons (Fsp3) is 0.481. The first-order chi connectivity index (χ1) is 15.9. The molecule has 3 fully saturated rings. The number of piperidine rings is 2. The van der Waals surface area contributed by atoms with Crippen LogP contribution in [0.2, 0.25) is 0 Å². The molecule has 4 nitrogen and oxygen atoms in total. The van der Waals surface area contributed by atoms with Crippen LogP contribution in [0.15, 0.2) is 48.5 Å². The van der Waals surface area contributed by atoms with Crippen LogP contribution in [0.25, 0.3) is 0 Å². The number of likely N-dealkylation sites (tertiary alicyclic amines) is 1. The number of nitrogens with one attached hydrogen (secondary N) is 1. The minimum absolute atomic E-state index is 0.00911. The average Bonchev–Trinajstić information content (AvgIpc) is 3.33. The second kappa shape index (κ2) is 8.54. The second-order valence-electron chi connectivity index (χ2n) is 10.0. The Hall–Kier alpha value is -2.76. The molecule has 0 radical (unpaired) electrons. The molecule has 1 aliphatic carbocycles. The normalized spacial score (nSPS) is 24.0. The zero-order valence-corrected chi connectivity index (χ0v) is 18.8. The highest BCUT2D eigenvalue weighted by atomic mass is 19.2. The molecule has 2 heterocycles. The molecule has 1 saturated carbocycles. The van der Waals surface area contributed by atoms with Gasteiger partial charge in [-0.3, -0.25) is 9.59 Å².